The van der Waals surface area contributed by atoms with Crippen molar-refractivity contribution in [2.75, 3.05) is 16.8 Å². The van der Waals surface area contributed by atoms with Crippen molar-refractivity contribution >= 4 is 40.0 Å². The molecule has 0 radical (unpaired) electrons. The maximum Gasteiger partial charge on any atom is 0.250 e. The molecule has 1 fully saturated rings. The molecule has 1 aliphatic rings. The number of rotatable bonds is 4. The number of hydrogen-bond donors (Lipinski definition) is 1. The van der Waals surface area contributed by atoms with E-state index in [-0.39, 0.29) is 11.8 Å². The minimum Gasteiger partial charge on any atom is -0.312 e. The number of hydrogen-bond acceptors (Lipinski definition) is 5. The molecule has 22 heavy (non-hydrogen) atoms. The SMILES string of the molecule is O=C(/C=C/c1ccc(N2CCCC2=O)cc1)Nc1nncs1. The fraction of sp³-hybridized carbons (Fsp3) is 0.200. The molecule has 1 aromatic carbocycles. The summed E-state index contributed by atoms with van der Waals surface area (Å²) in [5, 5.41) is 10.5. The summed E-state index contributed by atoms with van der Waals surface area (Å²) in [6.07, 6.45) is 4.68. The van der Waals surface area contributed by atoms with Gasteiger partial charge in [-0.15, -0.1) is 10.2 Å². The topological polar surface area (TPSA) is 75.2 Å². The number of nitrogens with one attached hydrogen (secondary N) is 1. The molecule has 1 aliphatic heterocycles. The Morgan fingerprint density at radius 2 is 2.14 bits per heavy atom. The molecule has 6 nitrogen and oxygen atoms in total. The molecule has 112 valence electrons. The standard InChI is InChI=1S/C15H14N4O2S/c20-13(17-15-18-16-10-22-15)8-5-11-3-6-12(7-4-11)19-9-1-2-14(19)21/h3-8,10H,1-2,9H2,(H,17,18,20)/b8-5+. The van der Waals surface area contributed by atoms with E-state index in [0.29, 0.717) is 11.6 Å². The molecule has 7 heteroatoms. The van der Waals surface area contributed by atoms with Crippen molar-refractivity contribution in [2.45, 2.75) is 12.8 Å². The highest BCUT2D eigenvalue weighted by molar-refractivity contribution is 7.13. The van der Waals surface area contributed by atoms with E-state index in [1.807, 2.05) is 24.3 Å². The van der Waals surface area contributed by atoms with Gasteiger partial charge in [-0.2, -0.15) is 0 Å². The molecule has 0 bridgehead atoms. The minimum atomic E-state index is -0.254. The Morgan fingerprint density at radius 3 is 2.77 bits per heavy atom. The molecule has 0 saturated carbocycles. The van der Waals surface area contributed by atoms with Crippen LogP contribution in [0.4, 0.5) is 10.8 Å². The van der Waals surface area contributed by atoms with E-state index in [2.05, 4.69) is 15.5 Å². The van der Waals surface area contributed by atoms with E-state index in [9.17, 15) is 9.59 Å². The van der Waals surface area contributed by atoms with Crippen LogP contribution < -0.4 is 10.2 Å². The summed E-state index contributed by atoms with van der Waals surface area (Å²) in [5.41, 5.74) is 3.35. The van der Waals surface area contributed by atoms with E-state index >= 15 is 0 Å². The van der Waals surface area contributed by atoms with Gasteiger partial charge in [0.1, 0.15) is 5.51 Å². The molecule has 0 spiro atoms. The van der Waals surface area contributed by atoms with Crippen LogP contribution in [0.5, 0.6) is 0 Å². The Hall–Kier alpha value is -2.54. The van der Waals surface area contributed by atoms with Crippen molar-refractivity contribution in [1.29, 1.82) is 0 Å². The first-order valence-corrected chi connectivity index (χ1v) is 7.76. The first-order valence-electron chi connectivity index (χ1n) is 6.88. The molecule has 1 saturated heterocycles. The Morgan fingerprint density at radius 1 is 1.32 bits per heavy atom. The van der Waals surface area contributed by atoms with Crippen molar-refractivity contribution in [3.63, 3.8) is 0 Å². The van der Waals surface area contributed by atoms with Gasteiger partial charge in [-0.25, -0.2) is 0 Å². The molecule has 1 aromatic heterocycles. The van der Waals surface area contributed by atoms with Crippen molar-refractivity contribution in [2.24, 2.45) is 0 Å². The molecular formula is C15H14N4O2S. The van der Waals surface area contributed by atoms with E-state index in [4.69, 9.17) is 0 Å². The minimum absolute atomic E-state index is 0.166. The first kappa shape index (κ1) is 14.4. The maximum absolute atomic E-state index is 11.7. The fourth-order valence-corrected chi connectivity index (χ4v) is 2.68. The predicted octanol–water partition coefficient (Wildman–Crippen LogP) is 2.32. The number of carbonyl (C=O) groups is 2. The third kappa shape index (κ3) is 3.37. The van der Waals surface area contributed by atoms with E-state index in [0.717, 1.165) is 24.2 Å². The fourth-order valence-electron chi connectivity index (χ4n) is 2.23. The van der Waals surface area contributed by atoms with Gasteiger partial charge in [0.2, 0.25) is 16.9 Å². The number of benzene rings is 1. The van der Waals surface area contributed by atoms with E-state index in [1.165, 1.54) is 17.4 Å². The highest BCUT2D eigenvalue weighted by Gasteiger charge is 2.21. The van der Waals surface area contributed by atoms with Crippen LogP contribution in [0.15, 0.2) is 35.9 Å². The van der Waals surface area contributed by atoms with Crippen LogP contribution in [0, 0.1) is 0 Å². The first-order chi connectivity index (χ1) is 10.7. The molecule has 2 amide bonds. The summed E-state index contributed by atoms with van der Waals surface area (Å²) < 4.78 is 0. The van der Waals surface area contributed by atoms with Crippen molar-refractivity contribution in [3.05, 3.63) is 41.4 Å². The Labute approximate surface area is 131 Å². The van der Waals surface area contributed by atoms with Crippen LogP contribution in [0.1, 0.15) is 18.4 Å². The zero-order valence-electron chi connectivity index (χ0n) is 11.7. The lowest BCUT2D eigenvalue weighted by molar-refractivity contribution is -0.117. The predicted molar refractivity (Wildman–Crippen MR) is 85.6 cm³/mol. The number of carbonyl (C=O) groups excluding carboxylic acids is 2. The lowest BCUT2D eigenvalue weighted by Gasteiger charge is -2.15. The van der Waals surface area contributed by atoms with Gasteiger partial charge in [-0.1, -0.05) is 23.5 Å². The zero-order chi connectivity index (χ0) is 15.4. The highest BCUT2D eigenvalue weighted by atomic mass is 32.1. The van der Waals surface area contributed by atoms with E-state index in [1.54, 1.807) is 16.5 Å². The normalized spacial score (nSPS) is 14.7. The lowest BCUT2D eigenvalue weighted by Crippen LogP contribution is -2.23. The van der Waals surface area contributed by atoms with Gasteiger partial charge in [0.25, 0.3) is 0 Å². The van der Waals surface area contributed by atoms with Crippen LogP contribution in [-0.4, -0.2) is 28.6 Å². The van der Waals surface area contributed by atoms with Gasteiger partial charge in [0.05, 0.1) is 0 Å². The lowest BCUT2D eigenvalue weighted by atomic mass is 10.2. The molecule has 2 aromatic rings. The van der Waals surface area contributed by atoms with Crippen LogP contribution in [0.3, 0.4) is 0 Å². The Kier molecular flexibility index (Phi) is 4.24. The maximum atomic E-state index is 11.7. The van der Waals surface area contributed by atoms with Crippen LogP contribution in [0.2, 0.25) is 0 Å². The molecule has 2 heterocycles. The molecular weight excluding hydrogens is 300 g/mol. The number of aromatic nitrogens is 2. The van der Waals surface area contributed by atoms with Gasteiger partial charge < -0.3 is 4.90 Å². The second-order valence-electron chi connectivity index (χ2n) is 4.81. The molecule has 3 rings (SSSR count). The second kappa shape index (κ2) is 6.48. The number of anilines is 2. The van der Waals surface area contributed by atoms with Gasteiger partial charge in [0.15, 0.2) is 0 Å². The molecule has 0 atom stereocenters. The number of amides is 2. The quantitative estimate of drug-likeness (QED) is 0.879. The summed E-state index contributed by atoms with van der Waals surface area (Å²) in [6, 6.07) is 7.56. The average molecular weight is 314 g/mol. The summed E-state index contributed by atoms with van der Waals surface area (Å²) in [7, 11) is 0. The third-order valence-corrected chi connectivity index (χ3v) is 3.90. The molecule has 0 aliphatic carbocycles. The largest absolute Gasteiger partial charge is 0.312 e. The van der Waals surface area contributed by atoms with Crippen molar-refractivity contribution in [3.8, 4) is 0 Å². The van der Waals surface area contributed by atoms with Crippen LogP contribution >= 0.6 is 11.3 Å². The molecule has 1 N–H and O–H groups in total. The van der Waals surface area contributed by atoms with Gasteiger partial charge in [-0.3, -0.25) is 14.9 Å². The summed E-state index contributed by atoms with van der Waals surface area (Å²) in [4.78, 5) is 25.2. The van der Waals surface area contributed by atoms with Gasteiger partial charge in [-0.05, 0) is 30.2 Å². The van der Waals surface area contributed by atoms with Crippen LogP contribution in [-0.2, 0) is 9.59 Å². The summed E-state index contributed by atoms with van der Waals surface area (Å²) in [6.45, 7) is 0.776. The van der Waals surface area contributed by atoms with Crippen molar-refractivity contribution in [1.82, 2.24) is 10.2 Å². The monoisotopic (exact) mass is 314 g/mol. The highest BCUT2D eigenvalue weighted by Crippen LogP contribution is 2.21. The van der Waals surface area contributed by atoms with Gasteiger partial charge in [0, 0.05) is 24.7 Å². The van der Waals surface area contributed by atoms with Gasteiger partial charge >= 0.3 is 0 Å². The summed E-state index contributed by atoms with van der Waals surface area (Å²) >= 11 is 1.26. The number of nitrogens with zero attached hydrogens (tertiary/aromatic N) is 3. The Bertz CT molecular complexity index is 695. The zero-order valence-corrected chi connectivity index (χ0v) is 12.5. The van der Waals surface area contributed by atoms with Crippen molar-refractivity contribution < 1.29 is 9.59 Å². The molecule has 0 unspecified atom stereocenters. The second-order valence-corrected chi connectivity index (χ2v) is 5.64. The summed E-state index contributed by atoms with van der Waals surface area (Å²) in [5.74, 6) is -0.0877. The Balaban J connectivity index is 1.62. The third-order valence-electron chi connectivity index (χ3n) is 3.30. The van der Waals surface area contributed by atoms with E-state index < -0.39 is 0 Å². The van der Waals surface area contributed by atoms with Crippen LogP contribution in [0.25, 0.3) is 6.08 Å². The average Bonchev–Trinajstić information content (AvgIpc) is 3.17. The smallest absolute Gasteiger partial charge is 0.250 e.